The first-order valence-electron chi connectivity index (χ1n) is 9.68. The number of anilines is 2. The van der Waals surface area contributed by atoms with Gasteiger partial charge in [-0.3, -0.25) is 9.69 Å². The van der Waals surface area contributed by atoms with Gasteiger partial charge in [-0.25, -0.2) is 9.97 Å². The molecule has 0 bridgehead atoms. The van der Waals surface area contributed by atoms with Crippen molar-refractivity contribution in [2.24, 2.45) is 5.92 Å². The number of benzene rings is 1. The predicted octanol–water partition coefficient (Wildman–Crippen LogP) is 2.63. The SMILES string of the molecule is Cc1nc(C[C@H]2CCN(Cc3ccccc3)C2)nc2c1NC(=O)[C@H](C)N2C. The van der Waals surface area contributed by atoms with E-state index in [1.807, 2.05) is 25.8 Å². The van der Waals surface area contributed by atoms with Crippen LogP contribution in [0.2, 0.25) is 0 Å². The maximum Gasteiger partial charge on any atom is 0.246 e. The van der Waals surface area contributed by atoms with Crippen molar-refractivity contribution in [3.8, 4) is 0 Å². The molecule has 1 aromatic carbocycles. The van der Waals surface area contributed by atoms with Crippen LogP contribution in [0.1, 0.15) is 30.4 Å². The number of aromatic nitrogens is 2. The van der Waals surface area contributed by atoms with E-state index in [2.05, 4.69) is 45.5 Å². The monoisotopic (exact) mass is 365 g/mol. The molecule has 0 saturated carbocycles. The van der Waals surface area contributed by atoms with E-state index < -0.39 is 0 Å². The van der Waals surface area contributed by atoms with Crippen LogP contribution in [0.5, 0.6) is 0 Å². The number of likely N-dealkylation sites (tertiary alicyclic amines) is 1. The van der Waals surface area contributed by atoms with E-state index in [1.165, 1.54) is 12.0 Å². The standard InChI is InChI=1S/C21H27N5O/c1-14-19-20(25(3)15(2)21(27)24-19)23-18(22-14)11-17-9-10-26(13-17)12-16-7-5-4-6-8-16/h4-8,15,17H,9-13H2,1-3H3,(H,24,27)/t15-,17+/m0/s1. The van der Waals surface area contributed by atoms with Crippen LogP contribution in [0.15, 0.2) is 30.3 Å². The summed E-state index contributed by atoms with van der Waals surface area (Å²) in [4.78, 5) is 26.0. The molecule has 27 heavy (non-hydrogen) atoms. The Kier molecular flexibility index (Phi) is 4.83. The molecule has 142 valence electrons. The molecular weight excluding hydrogens is 338 g/mol. The number of hydrogen-bond acceptors (Lipinski definition) is 5. The summed E-state index contributed by atoms with van der Waals surface area (Å²) >= 11 is 0. The van der Waals surface area contributed by atoms with Crippen molar-refractivity contribution >= 4 is 17.4 Å². The van der Waals surface area contributed by atoms with Crippen LogP contribution in [0, 0.1) is 12.8 Å². The summed E-state index contributed by atoms with van der Waals surface area (Å²) in [6.45, 7) is 7.06. The van der Waals surface area contributed by atoms with Gasteiger partial charge in [-0.1, -0.05) is 30.3 Å². The van der Waals surface area contributed by atoms with Crippen LogP contribution >= 0.6 is 0 Å². The summed E-state index contributed by atoms with van der Waals surface area (Å²) in [5, 5.41) is 2.95. The molecule has 0 spiro atoms. The fourth-order valence-corrected chi connectivity index (χ4v) is 4.02. The van der Waals surface area contributed by atoms with Gasteiger partial charge in [0.15, 0.2) is 5.82 Å². The van der Waals surface area contributed by atoms with Crippen molar-refractivity contribution in [2.45, 2.75) is 39.3 Å². The first-order valence-corrected chi connectivity index (χ1v) is 9.68. The van der Waals surface area contributed by atoms with Gasteiger partial charge in [-0.05, 0) is 38.3 Å². The van der Waals surface area contributed by atoms with Gasteiger partial charge in [0.1, 0.15) is 17.6 Å². The first-order chi connectivity index (χ1) is 13.0. The number of nitrogens with one attached hydrogen (secondary N) is 1. The molecule has 1 amide bonds. The Morgan fingerprint density at radius 3 is 2.78 bits per heavy atom. The molecule has 0 unspecified atom stereocenters. The smallest absolute Gasteiger partial charge is 0.246 e. The molecule has 1 aromatic heterocycles. The molecule has 2 atom stereocenters. The van der Waals surface area contributed by atoms with Gasteiger partial charge in [0.2, 0.25) is 5.91 Å². The van der Waals surface area contributed by atoms with Crippen molar-refractivity contribution in [2.75, 3.05) is 30.4 Å². The van der Waals surface area contributed by atoms with Gasteiger partial charge in [0.05, 0.1) is 5.69 Å². The molecule has 2 aliphatic heterocycles. The third-order valence-corrected chi connectivity index (χ3v) is 5.75. The molecule has 3 heterocycles. The number of hydrogen-bond donors (Lipinski definition) is 1. The van der Waals surface area contributed by atoms with Crippen LogP contribution < -0.4 is 10.2 Å². The Morgan fingerprint density at radius 2 is 2.00 bits per heavy atom. The van der Waals surface area contributed by atoms with E-state index in [1.54, 1.807) is 0 Å². The number of amides is 1. The summed E-state index contributed by atoms with van der Waals surface area (Å²) in [6, 6.07) is 10.4. The van der Waals surface area contributed by atoms with E-state index in [0.29, 0.717) is 5.92 Å². The average molecular weight is 365 g/mol. The quantitative estimate of drug-likeness (QED) is 0.902. The number of nitrogens with zero attached hydrogens (tertiary/aromatic N) is 4. The fraction of sp³-hybridized carbons (Fsp3) is 0.476. The van der Waals surface area contributed by atoms with E-state index in [4.69, 9.17) is 4.98 Å². The number of fused-ring (bicyclic) bond motifs is 1. The second kappa shape index (κ2) is 7.27. The third-order valence-electron chi connectivity index (χ3n) is 5.75. The Labute approximate surface area is 160 Å². The fourth-order valence-electron chi connectivity index (χ4n) is 4.02. The molecule has 1 N–H and O–H groups in total. The summed E-state index contributed by atoms with van der Waals surface area (Å²) in [6.07, 6.45) is 2.06. The molecule has 4 rings (SSSR count). The van der Waals surface area contributed by atoms with E-state index in [0.717, 1.165) is 49.1 Å². The average Bonchev–Trinajstić information content (AvgIpc) is 3.08. The van der Waals surface area contributed by atoms with Crippen molar-refractivity contribution in [3.05, 3.63) is 47.4 Å². The van der Waals surface area contributed by atoms with Gasteiger partial charge < -0.3 is 10.2 Å². The molecule has 6 nitrogen and oxygen atoms in total. The zero-order chi connectivity index (χ0) is 19.0. The van der Waals surface area contributed by atoms with E-state index >= 15 is 0 Å². The highest BCUT2D eigenvalue weighted by atomic mass is 16.2. The highest BCUT2D eigenvalue weighted by molar-refractivity contribution is 6.02. The normalized spacial score (nSPS) is 22.6. The second-order valence-electron chi connectivity index (χ2n) is 7.78. The number of carbonyl (C=O) groups excluding carboxylic acids is 1. The van der Waals surface area contributed by atoms with Crippen molar-refractivity contribution < 1.29 is 4.79 Å². The lowest BCUT2D eigenvalue weighted by Gasteiger charge is -2.32. The number of rotatable bonds is 4. The third kappa shape index (κ3) is 3.67. The molecule has 6 heteroatoms. The Hall–Kier alpha value is -2.47. The summed E-state index contributed by atoms with van der Waals surface area (Å²) in [5.74, 6) is 2.29. The summed E-state index contributed by atoms with van der Waals surface area (Å²) < 4.78 is 0. The minimum atomic E-state index is -0.215. The minimum Gasteiger partial charge on any atom is -0.346 e. The lowest BCUT2D eigenvalue weighted by atomic mass is 10.0. The van der Waals surface area contributed by atoms with Crippen LogP contribution in [0.25, 0.3) is 0 Å². The topological polar surface area (TPSA) is 61.4 Å². The van der Waals surface area contributed by atoms with Crippen LogP contribution in [0.3, 0.4) is 0 Å². The van der Waals surface area contributed by atoms with Gasteiger partial charge >= 0.3 is 0 Å². The summed E-state index contributed by atoms with van der Waals surface area (Å²) in [5.41, 5.74) is 2.97. The molecule has 0 aliphatic carbocycles. The van der Waals surface area contributed by atoms with E-state index in [9.17, 15) is 4.79 Å². The van der Waals surface area contributed by atoms with Gasteiger partial charge in [0.25, 0.3) is 0 Å². The minimum absolute atomic E-state index is 0.00297. The first kappa shape index (κ1) is 17.9. The van der Waals surface area contributed by atoms with Crippen LogP contribution in [-0.4, -0.2) is 47.0 Å². The largest absolute Gasteiger partial charge is 0.346 e. The molecular formula is C21H27N5O. The Morgan fingerprint density at radius 1 is 1.22 bits per heavy atom. The molecule has 2 aliphatic rings. The van der Waals surface area contributed by atoms with Crippen molar-refractivity contribution in [1.29, 1.82) is 0 Å². The Bertz CT molecular complexity index is 838. The maximum atomic E-state index is 12.1. The van der Waals surface area contributed by atoms with Crippen LogP contribution in [0.4, 0.5) is 11.5 Å². The molecule has 1 saturated heterocycles. The predicted molar refractivity (Wildman–Crippen MR) is 107 cm³/mol. The second-order valence-corrected chi connectivity index (χ2v) is 7.78. The lowest BCUT2D eigenvalue weighted by molar-refractivity contribution is -0.117. The molecule has 0 radical (unpaired) electrons. The van der Waals surface area contributed by atoms with Crippen molar-refractivity contribution in [3.63, 3.8) is 0 Å². The Balaban J connectivity index is 1.45. The lowest BCUT2D eigenvalue weighted by Crippen LogP contribution is -2.45. The number of aryl methyl sites for hydroxylation is 1. The van der Waals surface area contributed by atoms with E-state index in [-0.39, 0.29) is 11.9 Å². The highest BCUT2D eigenvalue weighted by Gasteiger charge is 2.31. The number of carbonyl (C=O) groups is 1. The van der Waals surface area contributed by atoms with Gasteiger partial charge in [0, 0.05) is 26.6 Å². The van der Waals surface area contributed by atoms with Gasteiger partial charge in [-0.15, -0.1) is 0 Å². The number of likely N-dealkylation sites (N-methyl/N-ethyl adjacent to an activating group) is 1. The zero-order valence-electron chi connectivity index (χ0n) is 16.3. The van der Waals surface area contributed by atoms with Crippen molar-refractivity contribution in [1.82, 2.24) is 14.9 Å². The van der Waals surface area contributed by atoms with Gasteiger partial charge in [-0.2, -0.15) is 0 Å². The highest BCUT2D eigenvalue weighted by Crippen LogP contribution is 2.32. The molecule has 1 fully saturated rings. The molecule has 2 aromatic rings. The van der Waals surface area contributed by atoms with Crippen LogP contribution in [-0.2, 0) is 17.8 Å². The maximum absolute atomic E-state index is 12.1. The zero-order valence-corrected chi connectivity index (χ0v) is 16.3. The summed E-state index contributed by atoms with van der Waals surface area (Å²) in [7, 11) is 1.93.